The summed E-state index contributed by atoms with van der Waals surface area (Å²) in [4.78, 5) is 0. The van der Waals surface area contributed by atoms with Crippen LogP contribution in [0.1, 0.15) is 56.5 Å². The molecule has 1 aromatic carbocycles. The molecule has 2 aromatic rings. The Labute approximate surface area is 120 Å². The van der Waals surface area contributed by atoms with Crippen LogP contribution in [0, 0.1) is 5.92 Å². The van der Waals surface area contributed by atoms with Crippen LogP contribution in [0.2, 0.25) is 0 Å². The van der Waals surface area contributed by atoms with Crippen molar-refractivity contribution in [2.75, 3.05) is 0 Å². The Hall–Kier alpha value is -1.54. The summed E-state index contributed by atoms with van der Waals surface area (Å²) in [5.41, 5.74) is 2.08. The second-order valence-corrected chi connectivity index (χ2v) is 6.22. The van der Waals surface area contributed by atoms with E-state index in [1.54, 1.807) is 0 Å². The van der Waals surface area contributed by atoms with Crippen LogP contribution in [0.25, 0.3) is 11.3 Å². The minimum absolute atomic E-state index is 0.410. The van der Waals surface area contributed by atoms with Gasteiger partial charge in [0.2, 0.25) is 0 Å². The molecular formula is C18H22O2. The van der Waals surface area contributed by atoms with Crippen molar-refractivity contribution in [3.63, 3.8) is 0 Å². The molecule has 1 aromatic heterocycles. The van der Waals surface area contributed by atoms with Crippen molar-refractivity contribution < 1.29 is 9.52 Å². The van der Waals surface area contributed by atoms with Gasteiger partial charge in [-0.2, -0.15) is 0 Å². The number of benzene rings is 1. The summed E-state index contributed by atoms with van der Waals surface area (Å²) in [6.07, 6.45) is 2.74. The summed E-state index contributed by atoms with van der Waals surface area (Å²) in [5.74, 6) is 2.89. The predicted molar refractivity (Wildman–Crippen MR) is 80.5 cm³/mol. The maximum absolute atomic E-state index is 10.4. The Bertz CT molecular complexity index is 564. The highest BCUT2D eigenvalue weighted by atomic mass is 16.3. The fourth-order valence-electron chi connectivity index (χ4n) is 2.66. The van der Waals surface area contributed by atoms with Gasteiger partial charge in [-0.3, -0.25) is 0 Å². The van der Waals surface area contributed by atoms with Crippen molar-refractivity contribution in [2.24, 2.45) is 5.92 Å². The number of furan rings is 1. The molecule has 1 fully saturated rings. The Morgan fingerprint density at radius 1 is 1.20 bits per heavy atom. The third-order valence-electron chi connectivity index (χ3n) is 3.85. The van der Waals surface area contributed by atoms with Gasteiger partial charge in [0, 0.05) is 17.0 Å². The van der Waals surface area contributed by atoms with Gasteiger partial charge in [0.05, 0.1) is 6.10 Å². The Kier molecular flexibility index (Phi) is 3.66. The van der Waals surface area contributed by atoms with Crippen molar-refractivity contribution in [3.8, 4) is 11.3 Å². The third-order valence-corrected chi connectivity index (χ3v) is 3.85. The molecule has 2 nitrogen and oxygen atoms in total. The Morgan fingerprint density at radius 3 is 2.50 bits per heavy atom. The van der Waals surface area contributed by atoms with E-state index in [0.717, 1.165) is 29.1 Å². The molecular weight excluding hydrogens is 248 g/mol. The van der Waals surface area contributed by atoms with Crippen LogP contribution in [0.15, 0.2) is 40.8 Å². The molecule has 1 saturated carbocycles. The molecule has 0 radical (unpaired) electrons. The van der Waals surface area contributed by atoms with Crippen LogP contribution in [-0.2, 0) is 0 Å². The maximum Gasteiger partial charge on any atom is 0.134 e. The second kappa shape index (κ2) is 5.45. The summed E-state index contributed by atoms with van der Waals surface area (Å²) in [6, 6.07) is 12.2. The lowest BCUT2D eigenvalue weighted by Crippen LogP contribution is -2.02. The molecule has 20 heavy (non-hydrogen) atoms. The van der Waals surface area contributed by atoms with Gasteiger partial charge in [-0.15, -0.1) is 0 Å². The second-order valence-electron chi connectivity index (χ2n) is 6.22. The van der Waals surface area contributed by atoms with Gasteiger partial charge in [0.1, 0.15) is 11.5 Å². The molecule has 1 aliphatic carbocycles. The van der Waals surface area contributed by atoms with Gasteiger partial charge in [0.25, 0.3) is 0 Å². The molecule has 0 spiro atoms. The molecule has 0 aliphatic heterocycles. The molecule has 1 heterocycles. The Morgan fingerprint density at radius 2 is 1.90 bits per heavy atom. The molecule has 1 atom stereocenters. The number of hydrogen-bond donors (Lipinski definition) is 1. The highest BCUT2D eigenvalue weighted by Gasteiger charge is 2.32. The van der Waals surface area contributed by atoms with E-state index < -0.39 is 6.10 Å². The lowest BCUT2D eigenvalue weighted by atomic mass is 9.98. The standard InChI is InChI=1S/C18H22O2/c1-12(2)10-16(19)15-11-17(13-6-4-3-5-7-13)20-18(15)14-8-9-14/h3-7,11-12,14,16,19H,8-10H2,1-2H3. The van der Waals surface area contributed by atoms with E-state index in [-0.39, 0.29) is 0 Å². The van der Waals surface area contributed by atoms with Crippen LogP contribution < -0.4 is 0 Å². The topological polar surface area (TPSA) is 33.4 Å². The van der Waals surface area contributed by atoms with Gasteiger partial charge in [-0.05, 0) is 31.2 Å². The van der Waals surface area contributed by atoms with Crippen molar-refractivity contribution in [2.45, 2.75) is 45.1 Å². The van der Waals surface area contributed by atoms with Gasteiger partial charge < -0.3 is 9.52 Å². The highest BCUT2D eigenvalue weighted by Crippen LogP contribution is 2.46. The largest absolute Gasteiger partial charge is 0.460 e. The van der Waals surface area contributed by atoms with Crippen LogP contribution in [-0.4, -0.2) is 5.11 Å². The summed E-state index contributed by atoms with van der Waals surface area (Å²) in [6.45, 7) is 4.27. The molecule has 0 amide bonds. The first kappa shape index (κ1) is 13.4. The van der Waals surface area contributed by atoms with Gasteiger partial charge in [0.15, 0.2) is 0 Å². The zero-order valence-electron chi connectivity index (χ0n) is 12.2. The molecule has 3 rings (SSSR count). The number of aliphatic hydroxyl groups is 1. The lowest BCUT2D eigenvalue weighted by Gasteiger charge is -2.12. The average Bonchev–Trinajstić information content (AvgIpc) is 3.17. The Balaban J connectivity index is 1.94. The van der Waals surface area contributed by atoms with E-state index in [1.807, 2.05) is 36.4 Å². The van der Waals surface area contributed by atoms with Crippen molar-refractivity contribution >= 4 is 0 Å². The van der Waals surface area contributed by atoms with Crippen LogP contribution in [0.4, 0.5) is 0 Å². The quantitative estimate of drug-likeness (QED) is 0.838. The number of aliphatic hydroxyl groups excluding tert-OH is 1. The molecule has 0 saturated heterocycles. The third kappa shape index (κ3) is 2.80. The van der Waals surface area contributed by atoms with E-state index in [4.69, 9.17) is 4.42 Å². The van der Waals surface area contributed by atoms with Gasteiger partial charge in [-0.25, -0.2) is 0 Å². The van der Waals surface area contributed by atoms with E-state index in [9.17, 15) is 5.11 Å². The summed E-state index contributed by atoms with van der Waals surface area (Å²) in [7, 11) is 0. The van der Waals surface area contributed by atoms with Crippen LogP contribution in [0.3, 0.4) is 0 Å². The smallest absolute Gasteiger partial charge is 0.134 e. The molecule has 1 N–H and O–H groups in total. The zero-order valence-corrected chi connectivity index (χ0v) is 12.2. The first-order valence-electron chi connectivity index (χ1n) is 7.52. The SMILES string of the molecule is CC(C)CC(O)c1cc(-c2ccccc2)oc1C1CC1. The minimum atomic E-state index is -0.410. The van der Waals surface area contributed by atoms with E-state index in [0.29, 0.717) is 11.8 Å². The van der Waals surface area contributed by atoms with E-state index in [2.05, 4.69) is 13.8 Å². The average molecular weight is 270 g/mol. The molecule has 106 valence electrons. The van der Waals surface area contributed by atoms with Crippen molar-refractivity contribution in [1.29, 1.82) is 0 Å². The first-order chi connectivity index (χ1) is 9.65. The highest BCUT2D eigenvalue weighted by molar-refractivity contribution is 5.59. The lowest BCUT2D eigenvalue weighted by molar-refractivity contribution is 0.149. The number of hydrogen-bond acceptors (Lipinski definition) is 2. The summed E-state index contributed by atoms with van der Waals surface area (Å²) >= 11 is 0. The van der Waals surface area contributed by atoms with Crippen LogP contribution in [0.5, 0.6) is 0 Å². The van der Waals surface area contributed by atoms with Crippen molar-refractivity contribution in [1.82, 2.24) is 0 Å². The minimum Gasteiger partial charge on any atom is -0.460 e. The van der Waals surface area contributed by atoms with Gasteiger partial charge >= 0.3 is 0 Å². The zero-order chi connectivity index (χ0) is 14.1. The van der Waals surface area contributed by atoms with Crippen molar-refractivity contribution in [3.05, 3.63) is 47.7 Å². The molecule has 2 heteroatoms. The molecule has 1 aliphatic rings. The normalized spacial score (nSPS) is 16.6. The number of rotatable bonds is 5. The summed E-state index contributed by atoms with van der Waals surface area (Å²) < 4.78 is 6.07. The molecule has 0 bridgehead atoms. The fourth-order valence-corrected chi connectivity index (χ4v) is 2.66. The first-order valence-corrected chi connectivity index (χ1v) is 7.52. The summed E-state index contributed by atoms with van der Waals surface area (Å²) in [5, 5.41) is 10.4. The monoisotopic (exact) mass is 270 g/mol. The van der Waals surface area contributed by atoms with Gasteiger partial charge in [-0.1, -0.05) is 44.2 Å². The van der Waals surface area contributed by atoms with E-state index >= 15 is 0 Å². The van der Waals surface area contributed by atoms with Crippen LogP contribution >= 0.6 is 0 Å². The predicted octanol–water partition coefficient (Wildman–Crippen LogP) is 4.90. The van der Waals surface area contributed by atoms with E-state index in [1.165, 1.54) is 12.8 Å². The maximum atomic E-state index is 10.4. The molecule has 1 unspecified atom stereocenters. The fraction of sp³-hybridized carbons (Fsp3) is 0.444.